The highest BCUT2D eigenvalue weighted by Crippen LogP contribution is 2.40. The molecule has 1 aliphatic carbocycles. The number of benzene rings is 2. The molecule has 7 nitrogen and oxygen atoms in total. The number of imidazole rings is 1. The van der Waals surface area contributed by atoms with E-state index in [9.17, 15) is 9.59 Å². The molecule has 8 heteroatoms. The third kappa shape index (κ3) is 3.63. The van der Waals surface area contributed by atoms with Crippen LogP contribution < -0.4 is 11.0 Å². The molecule has 2 heterocycles. The smallest absolute Gasteiger partial charge is 0.323 e. The van der Waals surface area contributed by atoms with Gasteiger partial charge in [-0.3, -0.25) is 4.79 Å². The summed E-state index contributed by atoms with van der Waals surface area (Å²) in [6.45, 7) is 1.87. The molecule has 0 bridgehead atoms. The number of aromatic amines is 2. The monoisotopic (exact) mass is 405 g/mol. The van der Waals surface area contributed by atoms with Crippen LogP contribution in [0.3, 0.4) is 0 Å². The van der Waals surface area contributed by atoms with Gasteiger partial charge in [0.15, 0.2) is 0 Å². The summed E-state index contributed by atoms with van der Waals surface area (Å²) in [7, 11) is 0. The second-order valence-electron chi connectivity index (χ2n) is 7.27. The third-order valence-corrected chi connectivity index (χ3v) is 6.07. The minimum Gasteiger partial charge on any atom is -0.325 e. The normalized spacial score (nSPS) is 14.9. The van der Waals surface area contributed by atoms with Crippen molar-refractivity contribution in [3.63, 3.8) is 0 Å². The van der Waals surface area contributed by atoms with Crippen LogP contribution in [0.25, 0.3) is 21.9 Å². The highest BCUT2D eigenvalue weighted by Gasteiger charge is 2.28. The molecule has 1 amide bonds. The molecule has 1 unspecified atom stereocenters. The minimum absolute atomic E-state index is 0.122. The Labute approximate surface area is 170 Å². The maximum Gasteiger partial charge on any atom is 0.323 e. The van der Waals surface area contributed by atoms with Gasteiger partial charge in [-0.15, -0.1) is 0 Å². The number of nitrogens with one attached hydrogen (secondary N) is 3. The fourth-order valence-corrected chi connectivity index (χ4v) is 4.20. The number of rotatable bonds is 5. The van der Waals surface area contributed by atoms with E-state index in [4.69, 9.17) is 9.97 Å². The topological polar surface area (TPSA) is 104 Å². The number of hydrogen-bond acceptors (Lipinski definition) is 5. The summed E-state index contributed by atoms with van der Waals surface area (Å²) in [6, 6.07) is 13.2. The summed E-state index contributed by atoms with van der Waals surface area (Å²) in [5.74, 6) is 1.20. The molecule has 4 aromatic rings. The Morgan fingerprint density at radius 2 is 1.93 bits per heavy atom. The molecule has 0 aliphatic heterocycles. The number of H-pyrrole nitrogens is 2. The van der Waals surface area contributed by atoms with Gasteiger partial charge in [0, 0.05) is 17.0 Å². The lowest BCUT2D eigenvalue weighted by Crippen LogP contribution is -2.22. The van der Waals surface area contributed by atoms with E-state index in [0.29, 0.717) is 22.6 Å². The molecule has 5 rings (SSSR count). The van der Waals surface area contributed by atoms with Crippen LogP contribution in [0.1, 0.15) is 31.5 Å². The lowest BCUT2D eigenvalue weighted by molar-refractivity contribution is -0.115. The summed E-state index contributed by atoms with van der Waals surface area (Å²) in [4.78, 5) is 39.0. The zero-order chi connectivity index (χ0) is 20.0. The van der Waals surface area contributed by atoms with Gasteiger partial charge in [0.2, 0.25) is 5.91 Å². The Kier molecular flexibility index (Phi) is 4.35. The SMILES string of the molecule is CC(Sc1nc(C2CC2)nc2ccccc12)C(=O)Nc1ccc2[nH]c(=O)[nH]c2c1. The molecular weight excluding hydrogens is 386 g/mol. The van der Waals surface area contributed by atoms with Crippen LogP contribution in [0.5, 0.6) is 0 Å². The Morgan fingerprint density at radius 3 is 2.76 bits per heavy atom. The molecule has 0 spiro atoms. The van der Waals surface area contributed by atoms with Crippen LogP contribution in [0.2, 0.25) is 0 Å². The van der Waals surface area contributed by atoms with E-state index in [1.54, 1.807) is 18.2 Å². The van der Waals surface area contributed by atoms with Crippen molar-refractivity contribution >= 4 is 45.3 Å². The van der Waals surface area contributed by atoms with Gasteiger partial charge in [-0.1, -0.05) is 30.0 Å². The van der Waals surface area contributed by atoms with Crippen molar-refractivity contribution in [2.24, 2.45) is 0 Å². The molecule has 2 aromatic carbocycles. The quantitative estimate of drug-likeness (QED) is 0.346. The number of nitrogens with zero attached hydrogens (tertiary/aromatic N) is 2. The Hall–Kier alpha value is -3.13. The van der Waals surface area contributed by atoms with E-state index in [1.165, 1.54) is 11.8 Å². The summed E-state index contributed by atoms with van der Waals surface area (Å²) < 4.78 is 0. The van der Waals surface area contributed by atoms with Crippen molar-refractivity contribution in [3.05, 3.63) is 58.8 Å². The van der Waals surface area contributed by atoms with Crippen molar-refractivity contribution in [3.8, 4) is 0 Å². The average Bonchev–Trinajstić information content (AvgIpc) is 3.49. The maximum atomic E-state index is 12.8. The van der Waals surface area contributed by atoms with E-state index in [2.05, 4.69) is 15.3 Å². The van der Waals surface area contributed by atoms with Gasteiger partial charge in [0.25, 0.3) is 0 Å². The zero-order valence-corrected chi connectivity index (χ0v) is 16.5. The molecule has 3 N–H and O–H groups in total. The highest BCUT2D eigenvalue weighted by atomic mass is 32.2. The standard InChI is InChI=1S/C21H19N5O2S/c1-11(19(27)22-13-8-9-16-17(10-13)25-21(28)24-16)29-20-14-4-2-3-5-15(14)23-18(26-20)12-6-7-12/h2-5,8-12H,6-7H2,1H3,(H,22,27)(H2,24,25,28). The number of para-hydroxylation sites is 1. The Bertz CT molecular complexity index is 1290. The third-order valence-electron chi connectivity index (χ3n) is 4.97. The van der Waals surface area contributed by atoms with E-state index in [1.807, 2.05) is 31.2 Å². The average molecular weight is 405 g/mol. The predicted octanol–water partition coefficient (Wildman–Crippen LogP) is 3.80. The summed E-state index contributed by atoms with van der Waals surface area (Å²) in [5.41, 5.74) is 2.65. The van der Waals surface area contributed by atoms with Crippen LogP contribution in [0, 0.1) is 0 Å². The Morgan fingerprint density at radius 1 is 1.14 bits per heavy atom. The molecule has 1 aliphatic rings. The Balaban J connectivity index is 1.38. The first-order valence-electron chi connectivity index (χ1n) is 9.53. The van der Waals surface area contributed by atoms with Crippen LogP contribution >= 0.6 is 11.8 Å². The molecule has 1 fully saturated rings. The van der Waals surface area contributed by atoms with Gasteiger partial charge in [-0.25, -0.2) is 14.8 Å². The largest absolute Gasteiger partial charge is 0.325 e. The molecule has 1 saturated carbocycles. The predicted molar refractivity (Wildman–Crippen MR) is 114 cm³/mol. The van der Waals surface area contributed by atoms with Crippen molar-refractivity contribution in [1.82, 2.24) is 19.9 Å². The number of hydrogen-bond donors (Lipinski definition) is 3. The molecular formula is C21H19N5O2S. The van der Waals surface area contributed by atoms with Crippen molar-refractivity contribution < 1.29 is 4.79 Å². The highest BCUT2D eigenvalue weighted by molar-refractivity contribution is 8.00. The van der Waals surface area contributed by atoms with Crippen LogP contribution in [0.15, 0.2) is 52.3 Å². The molecule has 0 saturated heterocycles. The van der Waals surface area contributed by atoms with Gasteiger partial charge in [-0.05, 0) is 44.0 Å². The minimum atomic E-state index is -0.346. The molecule has 146 valence electrons. The van der Waals surface area contributed by atoms with E-state index in [0.717, 1.165) is 34.6 Å². The lowest BCUT2D eigenvalue weighted by Gasteiger charge is -2.14. The van der Waals surface area contributed by atoms with Crippen molar-refractivity contribution in [2.75, 3.05) is 5.32 Å². The number of thioether (sulfide) groups is 1. The van der Waals surface area contributed by atoms with Crippen molar-refractivity contribution in [1.29, 1.82) is 0 Å². The maximum absolute atomic E-state index is 12.8. The second kappa shape index (κ2) is 7.04. The van der Waals surface area contributed by atoms with Gasteiger partial charge >= 0.3 is 5.69 Å². The van der Waals surface area contributed by atoms with E-state index in [-0.39, 0.29) is 16.8 Å². The first-order valence-corrected chi connectivity index (χ1v) is 10.4. The number of aromatic nitrogens is 4. The molecule has 2 aromatic heterocycles. The zero-order valence-electron chi connectivity index (χ0n) is 15.7. The van der Waals surface area contributed by atoms with E-state index < -0.39 is 0 Å². The fraction of sp³-hybridized carbons (Fsp3) is 0.238. The van der Waals surface area contributed by atoms with Gasteiger partial charge < -0.3 is 15.3 Å². The van der Waals surface area contributed by atoms with E-state index >= 15 is 0 Å². The summed E-state index contributed by atoms with van der Waals surface area (Å²) in [5, 5.41) is 4.38. The lowest BCUT2D eigenvalue weighted by atomic mass is 10.2. The van der Waals surface area contributed by atoms with Gasteiger partial charge in [-0.2, -0.15) is 0 Å². The second-order valence-corrected chi connectivity index (χ2v) is 8.60. The first-order chi connectivity index (χ1) is 14.1. The van der Waals surface area contributed by atoms with Crippen LogP contribution in [-0.4, -0.2) is 31.1 Å². The number of fused-ring (bicyclic) bond motifs is 2. The summed E-state index contributed by atoms with van der Waals surface area (Å²) >= 11 is 1.44. The molecule has 1 atom stereocenters. The van der Waals surface area contributed by atoms with Gasteiger partial charge in [0.05, 0.1) is 21.8 Å². The number of anilines is 1. The number of carbonyl (C=O) groups is 1. The van der Waals surface area contributed by atoms with Crippen molar-refractivity contribution in [2.45, 2.75) is 36.0 Å². The fourth-order valence-electron chi connectivity index (χ4n) is 3.25. The number of carbonyl (C=O) groups excluding carboxylic acids is 1. The van der Waals surface area contributed by atoms with Crippen LogP contribution in [-0.2, 0) is 4.79 Å². The number of amides is 1. The first kappa shape index (κ1) is 17.9. The summed E-state index contributed by atoms with van der Waals surface area (Å²) in [6.07, 6.45) is 2.25. The molecule has 29 heavy (non-hydrogen) atoms. The van der Waals surface area contributed by atoms with Crippen LogP contribution in [0.4, 0.5) is 5.69 Å². The molecule has 0 radical (unpaired) electrons. The van der Waals surface area contributed by atoms with Gasteiger partial charge in [0.1, 0.15) is 10.9 Å².